The van der Waals surface area contributed by atoms with Gasteiger partial charge in [-0.2, -0.15) is 0 Å². The molecule has 0 aromatic carbocycles. The third-order valence-corrected chi connectivity index (χ3v) is 2.20. The first kappa shape index (κ1) is 8.31. The topological polar surface area (TPSA) is 29.1 Å². The van der Waals surface area contributed by atoms with Gasteiger partial charge in [-0.25, -0.2) is 0 Å². The summed E-state index contributed by atoms with van der Waals surface area (Å²) in [5, 5.41) is 2.87. The molecule has 1 unspecified atom stereocenters. The van der Waals surface area contributed by atoms with Gasteiger partial charge in [-0.05, 0) is 19.8 Å². The van der Waals surface area contributed by atoms with E-state index in [-0.39, 0.29) is 17.9 Å². The van der Waals surface area contributed by atoms with Gasteiger partial charge in [-0.15, -0.1) is 6.58 Å². The standard InChI is InChI=1S/C9H15NO/c1-3-7(2)10-9(11)8-5-4-6-8/h3,7-8H,1,4-6H2,2H3,(H,10,11). The van der Waals surface area contributed by atoms with Crippen molar-refractivity contribution in [3.8, 4) is 0 Å². The summed E-state index contributed by atoms with van der Waals surface area (Å²) in [5.41, 5.74) is 0. The second-order valence-electron chi connectivity index (χ2n) is 3.16. The van der Waals surface area contributed by atoms with Gasteiger partial charge in [0.05, 0.1) is 0 Å². The average Bonchev–Trinajstić information content (AvgIpc) is 1.83. The van der Waals surface area contributed by atoms with Crippen molar-refractivity contribution < 1.29 is 4.79 Å². The number of hydrogen-bond acceptors (Lipinski definition) is 1. The SMILES string of the molecule is C=CC(C)NC(=O)C1CCC1. The summed E-state index contributed by atoms with van der Waals surface area (Å²) in [6, 6.07) is 0.114. The maximum Gasteiger partial charge on any atom is 0.223 e. The fraction of sp³-hybridized carbons (Fsp3) is 0.667. The maximum absolute atomic E-state index is 11.2. The molecule has 0 radical (unpaired) electrons. The van der Waals surface area contributed by atoms with Crippen molar-refractivity contribution in [3.63, 3.8) is 0 Å². The van der Waals surface area contributed by atoms with Crippen LogP contribution in [0.15, 0.2) is 12.7 Å². The molecule has 1 saturated carbocycles. The number of rotatable bonds is 3. The van der Waals surface area contributed by atoms with Crippen LogP contribution in [0.4, 0.5) is 0 Å². The van der Waals surface area contributed by atoms with E-state index in [9.17, 15) is 4.79 Å². The van der Waals surface area contributed by atoms with Gasteiger partial charge in [0.2, 0.25) is 5.91 Å². The van der Waals surface area contributed by atoms with E-state index in [0.29, 0.717) is 0 Å². The predicted octanol–water partition coefficient (Wildman–Crippen LogP) is 1.48. The summed E-state index contributed by atoms with van der Waals surface area (Å²) >= 11 is 0. The van der Waals surface area contributed by atoms with Gasteiger partial charge < -0.3 is 5.32 Å². The minimum Gasteiger partial charge on any atom is -0.350 e. The van der Waals surface area contributed by atoms with Gasteiger partial charge in [-0.1, -0.05) is 12.5 Å². The Labute approximate surface area is 67.7 Å². The Balaban J connectivity index is 2.24. The van der Waals surface area contributed by atoms with Crippen molar-refractivity contribution >= 4 is 5.91 Å². The van der Waals surface area contributed by atoms with Crippen LogP contribution in [0.1, 0.15) is 26.2 Å². The Hall–Kier alpha value is -0.790. The van der Waals surface area contributed by atoms with Crippen LogP contribution in [0.5, 0.6) is 0 Å². The molecule has 0 aromatic rings. The van der Waals surface area contributed by atoms with E-state index in [4.69, 9.17) is 0 Å². The third kappa shape index (κ3) is 2.07. The second-order valence-corrected chi connectivity index (χ2v) is 3.16. The second kappa shape index (κ2) is 3.56. The molecule has 1 fully saturated rings. The largest absolute Gasteiger partial charge is 0.350 e. The van der Waals surface area contributed by atoms with Gasteiger partial charge >= 0.3 is 0 Å². The van der Waals surface area contributed by atoms with Crippen LogP contribution in [0, 0.1) is 5.92 Å². The Morgan fingerprint density at radius 3 is 2.73 bits per heavy atom. The smallest absolute Gasteiger partial charge is 0.223 e. The molecule has 0 heterocycles. The van der Waals surface area contributed by atoms with E-state index in [0.717, 1.165) is 12.8 Å². The summed E-state index contributed by atoms with van der Waals surface area (Å²) in [7, 11) is 0. The van der Waals surface area contributed by atoms with Crippen molar-refractivity contribution in [2.75, 3.05) is 0 Å². The minimum atomic E-state index is 0.114. The number of hydrogen-bond donors (Lipinski definition) is 1. The highest BCUT2D eigenvalue weighted by atomic mass is 16.1. The van der Waals surface area contributed by atoms with E-state index in [1.807, 2.05) is 6.92 Å². The Bertz CT molecular complexity index is 161. The molecular formula is C9H15NO. The molecule has 0 spiro atoms. The monoisotopic (exact) mass is 153 g/mol. The zero-order valence-electron chi connectivity index (χ0n) is 6.97. The average molecular weight is 153 g/mol. The molecule has 2 nitrogen and oxygen atoms in total. The molecule has 1 amide bonds. The van der Waals surface area contributed by atoms with E-state index >= 15 is 0 Å². The van der Waals surface area contributed by atoms with Gasteiger partial charge in [0.15, 0.2) is 0 Å². The Kier molecular flexibility index (Phi) is 2.69. The lowest BCUT2D eigenvalue weighted by Crippen LogP contribution is -2.38. The molecule has 1 aliphatic rings. The number of carbonyl (C=O) groups is 1. The van der Waals surface area contributed by atoms with Gasteiger partial charge in [0, 0.05) is 12.0 Å². The zero-order valence-corrected chi connectivity index (χ0v) is 6.97. The number of amides is 1. The molecule has 1 aliphatic carbocycles. The fourth-order valence-corrected chi connectivity index (χ4v) is 1.07. The van der Waals surface area contributed by atoms with Crippen LogP contribution in [0.25, 0.3) is 0 Å². The first-order valence-corrected chi connectivity index (χ1v) is 4.17. The van der Waals surface area contributed by atoms with Gasteiger partial charge in [0.25, 0.3) is 0 Å². The van der Waals surface area contributed by atoms with Crippen LogP contribution in [-0.4, -0.2) is 11.9 Å². The van der Waals surface area contributed by atoms with E-state index in [1.54, 1.807) is 6.08 Å². The van der Waals surface area contributed by atoms with E-state index < -0.39 is 0 Å². The summed E-state index contributed by atoms with van der Waals surface area (Å²) in [6.45, 7) is 5.54. The highest BCUT2D eigenvalue weighted by Gasteiger charge is 2.25. The summed E-state index contributed by atoms with van der Waals surface area (Å²) < 4.78 is 0. The molecular weight excluding hydrogens is 138 g/mol. The lowest BCUT2D eigenvalue weighted by molar-refractivity contribution is -0.127. The summed E-state index contributed by atoms with van der Waals surface area (Å²) in [4.78, 5) is 11.2. The molecule has 0 saturated heterocycles. The lowest BCUT2D eigenvalue weighted by atomic mass is 9.84. The van der Waals surface area contributed by atoms with Crippen molar-refractivity contribution in [3.05, 3.63) is 12.7 Å². The van der Waals surface area contributed by atoms with E-state index in [2.05, 4.69) is 11.9 Å². The predicted molar refractivity (Wildman–Crippen MR) is 45.1 cm³/mol. The van der Waals surface area contributed by atoms with Crippen LogP contribution in [-0.2, 0) is 4.79 Å². The van der Waals surface area contributed by atoms with Crippen LogP contribution < -0.4 is 5.32 Å². The van der Waals surface area contributed by atoms with Crippen molar-refractivity contribution in [2.24, 2.45) is 5.92 Å². The quantitative estimate of drug-likeness (QED) is 0.611. The van der Waals surface area contributed by atoms with Crippen LogP contribution in [0.2, 0.25) is 0 Å². The molecule has 11 heavy (non-hydrogen) atoms. The number of nitrogens with one attached hydrogen (secondary N) is 1. The van der Waals surface area contributed by atoms with Crippen LogP contribution in [0.3, 0.4) is 0 Å². The third-order valence-electron chi connectivity index (χ3n) is 2.20. The normalized spacial score (nSPS) is 20.1. The molecule has 62 valence electrons. The molecule has 2 heteroatoms. The minimum absolute atomic E-state index is 0.114. The van der Waals surface area contributed by atoms with Crippen molar-refractivity contribution in [2.45, 2.75) is 32.2 Å². The molecule has 0 bridgehead atoms. The lowest BCUT2D eigenvalue weighted by Gasteiger charge is -2.25. The zero-order chi connectivity index (χ0) is 8.27. The van der Waals surface area contributed by atoms with Crippen molar-refractivity contribution in [1.82, 2.24) is 5.32 Å². The molecule has 1 rings (SSSR count). The highest BCUT2D eigenvalue weighted by molar-refractivity contribution is 5.79. The molecule has 0 aliphatic heterocycles. The molecule has 1 N–H and O–H groups in total. The van der Waals surface area contributed by atoms with E-state index in [1.165, 1.54) is 6.42 Å². The Morgan fingerprint density at radius 1 is 1.73 bits per heavy atom. The Morgan fingerprint density at radius 2 is 2.36 bits per heavy atom. The first-order chi connectivity index (χ1) is 5.24. The summed E-state index contributed by atoms with van der Waals surface area (Å²) in [5.74, 6) is 0.487. The summed E-state index contributed by atoms with van der Waals surface area (Å²) in [6.07, 6.45) is 5.09. The highest BCUT2D eigenvalue weighted by Crippen LogP contribution is 2.26. The maximum atomic E-state index is 11.2. The molecule has 1 atom stereocenters. The van der Waals surface area contributed by atoms with Gasteiger partial charge in [-0.3, -0.25) is 4.79 Å². The van der Waals surface area contributed by atoms with Gasteiger partial charge in [0.1, 0.15) is 0 Å². The van der Waals surface area contributed by atoms with Crippen LogP contribution >= 0.6 is 0 Å². The number of carbonyl (C=O) groups excluding carboxylic acids is 1. The first-order valence-electron chi connectivity index (χ1n) is 4.17. The molecule has 0 aromatic heterocycles. The fourth-order valence-electron chi connectivity index (χ4n) is 1.07. The van der Waals surface area contributed by atoms with Crippen molar-refractivity contribution in [1.29, 1.82) is 0 Å².